The van der Waals surface area contributed by atoms with Crippen LogP contribution in [-0.2, 0) is 14.3 Å². The number of methoxy groups -OCH3 is 1. The SMILES string of the molecule is COCCOC(=O)c1c(C)oc2ccc(OC(C(=O)O)c3ccccc3)cc12. The third-order valence-electron chi connectivity index (χ3n) is 4.14. The van der Waals surface area contributed by atoms with E-state index in [4.69, 9.17) is 18.6 Å². The molecule has 1 aromatic heterocycles. The lowest BCUT2D eigenvalue weighted by Crippen LogP contribution is -2.18. The number of benzene rings is 2. The maximum absolute atomic E-state index is 12.4. The van der Waals surface area contributed by atoms with E-state index in [1.54, 1.807) is 55.5 Å². The first-order chi connectivity index (χ1) is 13.5. The molecule has 146 valence electrons. The molecular weight excluding hydrogens is 364 g/mol. The fourth-order valence-electron chi connectivity index (χ4n) is 2.84. The average Bonchev–Trinajstić information content (AvgIpc) is 3.01. The van der Waals surface area contributed by atoms with Crippen LogP contribution in [0.1, 0.15) is 27.8 Å². The molecule has 28 heavy (non-hydrogen) atoms. The lowest BCUT2D eigenvalue weighted by Gasteiger charge is -2.15. The fraction of sp³-hybridized carbons (Fsp3) is 0.238. The van der Waals surface area contributed by atoms with Crippen molar-refractivity contribution in [3.63, 3.8) is 0 Å². The van der Waals surface area contributed by atoms with Crippen LogP contribution in [0.2, 0.25) is 0 Å². The highest BCUT2D eigenvalue weighted by Gasteiger charge is 2.24. The molecule has 0 saturated heterocycles. The minimum atomic E-state index is -1.18. The number of hydrogen-bond acceptors (Lipinski definition) is 6. The Kier molecular flexibility index (Phi) is 5.96. The number of carbonyl (C=O) groups excluding carboxylic acids is 1. The maximum Gasteiger partial charge on any atom is 0.349 e. The zero-order valence-electron chi connectivity index (χ0n) is 15.5. The van der Waals surface area contributed by atoms with Gasteiger partial charge in [0.25, 0.3) is 0 Å². The molecule has 2 aromatic carbocycles. The summed E-state index contributed by atoms with van der Waals surface area (Å²) in [6, 6.07) is 13.5. The van der Waals surface area contributed by atoms with E-state index in [1.165, 1.54) is 7.11 Å². The Labute approximate surface area is 161 Å². The van der Waals surface area contributed by atoms with Gasteiger partial charge in [-0.15, -0.1) is 0 Å². The molecule has 0 amide bonds. The molecule has 7 heteroatoms. The predicted molar refractivity (Wildman–Crippen MR) is 101 cm³/mol. The van der Waals surface area contributed by atoms with Gasteiger partial charge in [-0.05, 0) is 25.1 Å². The highest BCUT2D eigenvalue weighted by Crippen LogP contribution is 2.31. The lowest BCUT2D eigenvalue weighted by atomic mass is 10.1. The molecule has 0 radical (unpaired) electrons. The highest BCUT2D eigenvalue weighted by atomic mass is 16.6. The Hall–Kier alpha value is -3.32. The van der Waals surface area contributed by atoms with Crippen molar-refractivity contribution < 1.29 is 33.3 Å². The number of aryl methyl sites for hydroxylation is 1. The molecule has 0 spiro atoms. The van der Waals surface area contributed by atoms with Crippen LogP contribution in [0.3, 0.4) is 0 Å². The van der Waals surface area contributed by atoms with Crippen LogP contribution >= 0.6 is 0 Å². The standard InChI is InChI=1S/C21H20O7/c1-13-18(21(24)26-11-10-25-2)16-12-15(8-9-17(16)27-13)28-19(20(22)23)14-6-4-3-5-7-14/h3-9,12,19H,10-11H2,1-2H3,(H,22,23). The number of ether oxygens (including phenoxy) is 3. The molecule has 1 atom stereocenters. The Morgan fingerprint density at radius 2 is 1.86 bits per heavy atom. The molecule has 0 aliphatic carbocycles. The summed E-state index contributed by atoms with van der Waals surface area (Å²) in [6.45, 7) is 2.07. The van der Waals surface area contributed by atoms with Crippen molar-refractivity contribution in [2.75, 3.05) is 20.3 Å². The van der Waals surface area contributed by atoms with Crippen LogP contribution in [0.25, 0.3) is 11.0 Å². The van der Waals surface area contributed by atoms with Gasteiger partial charge in [-0.3, -0.25) is 0 Å². The molecule has 0 saturated carbocycles. The van der Waals surface area contributed by atoms with Crippen molar-refractivity contribution in [1.29, 1.82) is 0 Å². The first-order valence-corrected chi connectivity index (χ1v) is 8.65. The van der Waals surface area contributed by atoms with Crippen molar-refractivity contribution >= 4 is 22.9 Å². The summed E-state index contributed by atoms with van der Waals surface area (Å²) in [7, 11) is 1.52. The van der Waals surface area contributed by atoms with Gasteiger partial charge in [0.1, 0.15) is 29.3 Å². The minimum Gasteiger partial charge on any atom is -0.478 e. The Bertz CT molecular complexity index is 975. The number of carbonyl (C=O) groups is 2. The predicted octanol–water partition coefficient (Wildman–Crippen LogP) is 3.75. The second-order valence-electron chi connectivity index (χ2n) is 6.07. The number of carboxylic acids is 1. The number of fused-ring (bicyclic) bond motifs is 1. The van der Waals surface area contributed by atoms with Crippen molar-refractivity contribution in [2.24, 2.45) is 0 Å². The maximum atomic E-state index is 12.4. The van der Waals surface area contributed by atoms with E-state index >= 15 is 0 Å². The summed E-state index contributed by atoms with van der Waals surface area (Å²) in [4.78, 5) is 24.1. The zero-order chi connectivity index (χ0) is 20.1. The highest BCUT2D eigenvalue weighted by molar-refractivity contribution is 6.04. The summed E-state index contributed by atoms with van der Waals surface area (Å²) in [5.41, 5.74) is 1.27. The van der Waals surface area contributed by atoms with Crippen molar-refractivity contribution in [3.05, 3.63) is 65.4 Å². The third-order valence-corrected chi connectivity index (χ3v) is 4.14. The normalized spacial score (nSPS) is 11.9. The summed E-state index contributed by atoms with van der Waals surface area (Å²) in [5, 5.41) is 10.0. The summed E-state index contributed by atoms with van der Waals surface area (Å²) in [6.07, 6.45) is -1.18. The third kappa shape index (κ3) is 4.15. The van der Waals surface area contributed by atoms with Gasteiger partial charge in [-0.2, -0.15) is 0 Å². The molecule has 0 bridgehead atoms. The number of carboxylic acid groups (broad SMARTS) is 1. The van der Waals surface area contributed by atoms with Gasteiger partial charge in [-0.25, -0.2) is 9.59 Å². The topological polar surface area (TPSA) is 95.2 Å². The van der Waals surface area contributed by atoms with E-state index in [-0.39, 0.29) is 18.8 Å². The Balaban J connectivity index is 1.91. The van der Waals surface area contributed by atoms with Gasteiger partial charge < -0.3 is 23.7 Å². The van der Waals surface area contributed by atoms with E-state index in [0.29, 0.717) is 28.0 Å². The van der Waals surface area contributed by atoms with Crippen LogP contribution in [0.4, 0.5) is 0 Å². The van der Waals surface area contributed by atoms with Crippen LogP contribution in [0.15, 0.2) is 52.9 Å². The molecule has 1 heterocycles. The lowest BCUT2D eigenvalue weighted by molar-refractivity contribution is -0.145. The first-order valence-electron chi connectivity index (χ1n) is 8.65. The molecule has 0 aliphatic rings. The van der Waals surface area contributed by atoms with Crippen LogP contribution in [0.5, 0.6) is 5.75 Å². The van der Waals surface area contributed by atoms with Gasteiger partial charge in [0, 0.05) is 18.1 Å². The molecule has 0 aliphatic heterocycles. The van der Waals surface area contributed by atoms with E-state index in [1.807, 2.05) is 0 Å². The number of hydrogen-bond donors (Lipinski definition) is 1. The van der Waals surface area contributed by atoms with Gasteiger partial charge >= 0.3 is 11.9 Å². The van der Waals surface area contributed by atoms with Crippen molar-refractivity contribution in [2.45, 2.75) is 13.0 Å². The number of esters is 1. The summed E-state index contributed by atoms with van der Waals surface area (Å²) >= 11 is 0. The molecule has 3 rings (SSSR count). The monoisotopic (exact) mass is 384 g/mol. The summed E-state index contributed by atoms with van der Waals surface area (Å²) < 4.78 is 21.4. The second kappa shape index (κ2) is 8.58. The molecule has 0 fully saturated rings. The van der Waals surface area contributed by atoms with Crippen LogP contribution in [0, 0.1) is 6.92 Å². The fourth-order valence-corrected chi connectivity index (χ4v) is 2.84. The molecule has 1 N–H and O–H groups in total. The van der Waals surface area contributed by atoms with E-state index < -0.39 is 18.0 Å². The minimum absolute atomic E-state index is 0.118. The van der Waals surface area contributed by atoms with Crippen molar-refractivity contribution in [1.82, 2.24) is 0 Å². The zero-order valence-corrected chi connectivity index (χ0v) is 15.5. The quantitative estimate of drug-likeness (QED) is 0.467. The largest absolute Gasteiger partial charge is 0.478 e. The van der Waals surface area contributed by atoms with E-state index in [2.05, 4.69) is 0 Å². The molecule has 1 unspecified atom stereocenters. The van der Waals surface area contributed by atoms with Crippen LogP contribution < -0.4 is 4.74 Å². The van der Waals surface area contributed by atoms with Crippen molar-refractivity contribution in [3.8, 4) is 5.75 Å². The van der Waals surface area contributed by atoms with Crippen LogP contribution in [-0.4, -0.2) is 37.4 Å². The first kappa shape index (κ1) is 19.4. The smallest absolute Gasteiger partial charge is 0.349 e. The van der Waals surface area contributed by atoms with Gasteiger partial charge in [0.2, 0.25) is 6.10 Å². The Morgan fingerprint density at radius 3 is 2.54 bits per heavy atom. The summed E-state index contributed by atoms with van der Waals surface area (Å²) in [5.74, 6) is -0.944. The Morgan fingerprint density at radius 1 is 1.11 bits per heavy atom. The van der Waals surface area contributed by atoms with E-state index in [0.717, 1.165) is 0 Å². The number of furan rings is 1. The second-order valence-corrected chi connectivity index (χ2v) is 6.07. The van der Waals surface area contributed by atoms with E-state index in [9.17, 15) is 14.7 Å². The number of rotatable bonds is 8. The number of aliphatic carboxylic acids is 1. The average molecular weight is 384 g/mol. The molecule has 7 nitrogen and oxygen atoms in total. The molecule has 3 aromatic rings. The van der Waals surface area contributed by atoms with Gasteiger partial charge in [-0.1, -0.05) is 30.3 Å². The van der Waals surface area contributed by atoms with Gasteiger partial charge in [0.15, 0.2) is 0 Å². The van der Waals surface area contributed by atoms with Gasteiger partial charge in [0.05, 0.1) is 6.61 Å². The molecular formula is C21H20O7.